The van der Waals surface area contributed by atoms with E-state index in [0.717, 1.165) is 10.0 Å². The zero-order chi connectivity index (χ0) is 14.2. The van der Waals surface area contributed by atoms with Crippen molar-refractivity contribution in [2.24, 2.45) is 0 Å². The monoisotopic (exact) mass is 324 g/mol. The van der Waals surface area contributed by atoms with Crippen molar-refractivity contribution in [2.75, 3.05) is 6.54 Å². The van der Waals surface area contributed by atoms with Gasteiger partial charge in [0.2, 0.25) is 11.8 Å². The molecule has 1 atom stereocenters. The molecule has 1 unspecified atom stereocenters. The largest absolute Gasteiger partial charge is 0.318 e. The highest BCUT2D eigenvalue weighted by Gasteiger charge is 2.33. The maximum Gasteiger partial charge on any atom is 0.255 e. The summed E-state index contributed by atoms with van der Waals surface area (Å²) >= 11 is 3.36. The molecule has 2 rings (SSSR count). The molecule has 0 bridgehead atoms. The maximum atomic E-state index is 12.3. The lowest BCUT2D eigenvalue weighted by atomic mass is 10.1. The van der Waals surface area contributed by atoms with Crippen LogP contribution < -0.4 is 5.32 Å². The minimum absolute atomic E-state index is 0.0964. The highest BCUT2D eigenvalue weighted by atomic mass is 79.9. The Bertz CT molecular complexity index is 571. The molecule has 0 saturated carbocycles. The Kier molecular flexibility index (Phi) is 3.71. The van der Waals surface area contributed by atoms with Crippen molar-refractivity contribution >= 4 is 33.7 Å². The normalized spacial score (nSPS) is 19.3. The third kappa shape index (κ3) is 2.68. The first-order valence-electron chi connectivity index (χ1n) is 5.81. The molecule has 5 nitrogen and oxygen atoms in total. The molecule has 1 fully saturated rings. The molecule has 19 heavy (non-hydrogen) atoms. The summed E-state index contributed by atoms with van der Waals surface area (Å²) in [4.78, 5) is 36.5. The predicted octanol–water partition coefficient (Wildman–Crippen LogP) is 1.24. The van der Waals surface area contributed by atoms with Gasteiger partial charge in [-0.1, -0.05) is 15.9 Å². The summed E-state index contributed by atoms with van der Waals surface area (Å²) in [6.07, 6.45) is 0. The standard InChI is InChI=1S/C13H13BrN2O3/c1-7-5-9(3-4-10(7)14)13(19)16-6-11(17)15-12(18)8(16)2/h3-5,8H,6H2,1-2H3,(H,15,17,18). The first-order valence-corrected chi connectivity index (χ1v) is 6.60. The summed E-state index contributed by atoms with van der Waals surface area (Å²) in [6, 6.07) is 4.53. The van der Waals surface area contributed by atoms with E-state index in [1.165, 1.54) is 4.90 Å². The molecule has 1 aromatic rings. The number of halogens is 1. The Morgan fingerprint density at radius 1 is 1.42 bits per heavy atom. The Morgan fingerprint density at radius 3 is 2.74 bits per heavy atom. The summed E-state index contributed by atoms with van der Waals surface area (Å²) in [6.45, 7) is 3.38. The van der Waals surface area contributed by atoms with Crippen molar-refractivity contribution in [2.45, 2.75) is 19.9 Å². The van der Waals surface area contributed by atoms with Gasteiger partial charge < -0.3 is 4.90 Å². The van der Waals surface area contributed by atoms with Crippen LogP contribution in [-0.2, 0) is 9.59 Å². The number of nitrogens with zero attached hydrogens (tertiary/aromatic N) is 1. The van der Waals surface area contributed by atoms with Crippen molar-refractivity contribution < 1.29 is 14.4 Å². The van der Waals surface area contributed by atoms with Crippen LogP contribution in [0.3, 0.4) is 0 Å². The van der Waals surface area contributed by atoms with Gasteiger partial charge in [-0.05, 0) is 37.6 Å². The molecule has 3 amide bonds. The van der Waals surface area contributed by atoms with Crippen LogP contribution in [0, 0.1) is 6.92 Å². The van der Waals surface area contributed by atoms with Crippen LogP contribution in [0.15, 0.2) is 22.7 Å². The van der Waals surface area contributed by atoms with Crippen molar-refractivity contribution in [3.05, 3.63) is 33.8 Å². The molecule has 0 aromatic heterocycles. The fourth-order valence-corrected chi connectivity index (χ4v) is 2.15. The second kappa shape index (κ2) is 5.13. The zero-order valence-corrected chi connectivity index (χ0v) is 12.2. The fourth-order valence-electron chi connectivity index (χ4n) is 1.91. The molecule has 1 saturated heterocycles. The number of hydrogen-bond donors (Lipinski definition) is 1. The number of benzene rings is 1. The van der Waals surface area contributed by atoms with Crippen molar-refractivity contribution in [3.63, 3.8) is 0 Å². The van der Waals surface area contributed by atoms with Crippen LogP contribution >= 0.6 is 15.9 Å². The number of rotatable bonds is 1. The summed E-state index contributed by atoms with van der Waals surface area (Å²) in [5, 5.41) is 2.21. The molecule has 0 spiro atoms. The quantitative estimate of drug-likeness (QED) is 0.790. The molecule has 0 aliphatic carbocycles. The van der Waals surface area contributed by atoms with E-state index in [-0.39, 0.29) is 12.5 Å². The van der Waals surface area contributed by atoms with Gasteiger partial charge in [0.25, 0.3) is 5.91 Å². The number of carbonyl (C=O) groups excluding carboxylic acids is 3. The van der Waals surface area contributed by atoms with Gasteiger partial charge in [0.1, 0.15) is 12.6 Å². The van der Waals surface area contributed by atoms with E-state index in [4.69, 9.17) is 0 Å². The Labute approximate surface area is 119 Å². The molecule has 0 radical (unpaired) electrons. The number of imide groups is 1. The molecular formula is C13H13BrN2O3. The lowest BCUT2D eigenvalue weighted by Crippen LogP contribution is -2.58. The second-order valence-corrected chi connectivity index (χ2v) is 5.34. The van der Waals surface area contributed by atoms with Gasteiger partial charge >= 0.3 is 0 Å². The molecule has 1 N–H and O–H groups in total. The average Bonchev–Trinajstić information content (AvgIpc) is 2.36. The molecule has 100 valence electrons. The zero-order valence-electron chi connectivity index (χ0n) is 10.6. The van der Waals surface area contributed by atoms with Crippen LogP contribution in [0.2, 0.25) is 0 Å². The summed E-state index contributed by atoms with van der Waals surface area (Å²) in [5.74, 6) is -1.21. The SMILES string of the molecule is Cc1cc(C(=O)N2CC(=O)NC(=O)C2C)ccc1Br. The topological polar surface area (TPSA) is 66.5 Å². The number of aryl methyl sites for hydroxylation is 1. The summed E-state index contributed by atoms with van der Waals surface area (Å²) in [5.41, 5.74) is 1.39. The third-order valence-electron chi connectivity index (χ3n) is 3.09. The number of carbonyl (C=O) groups is 3. The first-order chi connectivity index (χ1) is 8.90. The first kappa shape index (κ1) is 13.7. The van der Waals surface area contributed by atoms with E-state index >= 15 is 0 Å². The lowest BCUT2D eigenvalue weighted by molar-refractivity contribution is -0.138. The smallest absolute Gasteiger partial charge is 0.255 e. The molecule has 1 aliphatic rings. The minimum Gasteiger partial charge on any atom is -0.318 e. The van der Waals surface area contributed by atoms with Gasteiger partial charge in [-0.3, -0.25) is 19.7 Å². The highest BCUT2D eigenvalue weighted by molar-refractivity contribution is 9.10. The van der Waals surface area contributed by atoms with Gasteiger partial charge in [-0.25, -0.2) is 0 Å². The number of nitrogens with one attached hydrogen (secondary N) is 1. The molecule has 6 heteroatoms. The second-order valence-electron chi connectivity index (χ2n) is 4.49. The van der Waals surface area contributed by atoms with Crippen molar-refractivity contribution in [1.82, 2.24) is 10.2 Å². The van der Waals surface area contributed by atoms with Gasteiger partial charge in [-0.2, -0.15) is 0 Å². The molecular weight excluding hydrogens is 312 g/mol. The fraction of sp³-hybridized carbons (Fsp3) is 0.308. The van der Waals surface area contributed by atoms with Gasteiger partial charge in [0.15, 0.2) is 0 Å². The lowest BCUT2D eigenvalue weighted by Gasteiger charge is -2.31. The van der Waals surface area contributed by atoms with E-state index in [1.807, 2.05) is 6.92 Å². The Balaban J connectivity index is 2.29. The van der Waals surface area contributed by atoms with E-state index in [9.17, 15) is 14.4 Å². The van der Waals surface area contributed by atoms with Crippen LogP contribution in [0.25, 0.3) is 0 Å². The van der Waals surface area contributed by atoms with Gasteiger partial charge in [0.05, 0.1) is 0 Å². The van der Waals surface area contributed by atoms with Crippen molar-refractivity contribution in [3.8, 4) is 0 Å². The Hall–Kier alpha value is -1.69. The number of amides is 3. The van der Waals surface area contributed by atoms with Gasteiger partial charge in [-0.15, -0.1) is 0 Å². The average molecular weight is 325 g/mol. The van der Waals surface area contributed by atoms with E-state index in [1.54, 1.807) is 25.1 Å². The predicted molar refractivity (Wildman–Crippen MR) is 72.5 cm³/mol. The van der Waals surface area contributed by atoms with E-state index < -0.39 is 17.9 Å². The molecule has 1 aliphatic heterocycles. The van der Waals surface area contributed by atoms with Crippen LogP contribution in [-0.4, -0.2) is 35.2 Å². The van der Waals surface area contributed by atoms with Crippen LogP contribution in [0.5, 0.6) is 0 Å². The Morgan fingerprint density at radius 2 is 2.11 bits per heavy atom. The number of hydrogen-bond acceptors (Lipinski definition) is 3. The van der Waals surface area contributed by atoms with E-state index in [2.05, 4.69) is 21.2 Å². The maximum absolute atomic E-state index is 12.3. The molecule has 1 heterocycles. The summed E-state index contributed by atoms with van der Waals surface area (Å²) in [7, 11) is 0. The summed E-state index contributed by atoms with van der Waals surface area (Å²) < 4.78 is 0.907. The third-order valence-corrected chi connectivity index (χ3v) is 3.98. The highest BCUT2D eigenvalue weighted by Crippen LogP contribution is 2.19. The number of piperazine rings is 1. The van der Waals surface area contributed by atoms with E-state index in [0.29, 0.717) is 5.56 Å². The van der Waals surface area contributed by atoms with Crippen LogP contribution in [0.4, 0.5) is 0 Å². The minimum atomic E-state index is -0.644. The molecule has 1 aromatic carbocycles. The van der Waals surface area contributed by atoms with Crippen LogP contribution in [0.1, 0.15) is 22.8 Å². The van der Waals surface area contributed by atoms with Crippen molar-refractivity contribution in [1.29, 1.82) is 0 Å². The van der Waals surface area contributed by atoms with Gasteiger partial charge in [0, 0.05) is 10.0 Å².